The molecule has 1 aliphatic heterocycles. The molecule has 1 nitrogen and oxygen atoms in total. The van der Waals surface area contributed by atoms with E-state index in [1.165, 1.54) is 87.6 Å². The van der Waals surface area contributed by atoms with Gasteiger partial charge in [0.05, 0.1) is 11.4 Å². The normalized spacial score (nSPS) is 31.1. The second-order valence-electron chi connectivity index (χ2n) is 18.0. The van der Waals surface area contributed by atoms with Crippen LogP contribution < -0.4 is 4.90 Å². The Hall–Kier alpha value is -3.75. The second kappa shape index (κ2) is 9.97. The van der Waals surface area contributed by atoms with Crippen LogP contribution in [0.3, 0.4) is 0 Å². The van der Waals surface area contributed by atoms with Crippen LogP contribution >= 0.6 is 11.8 Å². The van der Waals surface area contributed by atoms with Crippen molar-refractivity contribution in [3.63, 3.8) is 0 Å². The summed E-state index contributed by atoms with van der Waals surface area (Å²) in [7, 11) is 0. The molecule has 6 unspecified atom stereocenters. The lowest BCUT2D eigenvalue weighted by Crippen LogP contribution is -2.74. The summed E-state index contributed by atoms with van der Waals surface area (Å²) in [6, 6.07) is 44.5. The summed E-state index contributed by atoms with van der Waals surface area (Å²) in [5, 5.41) is 0. The first kappa shape index (κ1) is 29.9. The van der Waals surface area contributed by atoms with Crippen LogP contribution in [0.25, 0.3) is 11.1 Å². The molecule has 50 heavy (non-hydrogen) atoms. The van der Waals surface area contributed by atoms with Crippen LogP contribution in [0, 0.1) is 29.1 Å². The largest absolute Gasteiger partial charge is 0.309 e. The molecular weight excluding hydrogens is 623 g/mol. The number of hydrogen-bond acceptors (Lipinski definition) is 2. The fourth-order valence-corrected chi connectivity index (χ4v) is 14.3. The maximum absolute atomic E-state index is 2.68. The van der Waals surface area contributed by atoms with E-state index in [9.17, 15) is 0 Å². The van der Waals surface area contributed by atoms with E-state index in [-0.39, 0.29) is 16.2 Å². The summed E-state index contributed by atoms with van der Waals surface area (Å²) in [5.74, 6) is 3.41. The minimum absolute atomic E-state index is 0.0664. The topological polar surface area (TPSA) is 3.24 Å². The smallest absolute Gasteiger partial charge is 0.0610 e. The summed E-state index contributed by atoms with van der Waals surface area (Å²) in [6.07, 6.45) is 8.20. The van der Waals surface area contributed by atoms with Crippen molar-refractivity contribution >= 4 is 28.8 Å². The number of nitrogens with zero attached hydrogens (tertiary/aromatic N) is 1. The van der Waals surface area contributed by atoms with E-state index < -0.39 is 0 Å². The van der Waals surface area contributed by atoms with E-state index in [4.69, 9.17) is 0 Å². The van der Waals surface area contributed by atoms with Gasteiger partial charge < -0.3 is 4.90 Å². The molecule has 1 heterocycles. The maximum Gasteiger partial charge on any atom is 0.0610 e. The van der Waals surface area contributed by atoms with Crippen molar-refractivity contribution in [3.05, 3.63) is 138 Å². The first-order valence-corrected chi connectivity index (χ1v) is 20.1. The highest BCUT2D eigenvalue weighted by Crippen LogP contribution is 2.89. The van der Waals surface area contributed by atoms with E-state index in [1.807, 2.05) is 11.8 Å². The van der Waals surface area contributed by atoms with E-state index in [1.54, 1.807) is 11.1 Å². The van der Waals surface area contributed by atoms with Crippen LogP contribution in [0.2, 0.25) is 0 Å². The minimum Gasteiger partial charge on any atom is -0.309 e. The molecule has 0 N–H and O–H groups in total. The molecule has 0 aromatic heterocycles. The van der Waals surface area contributed by atoms with Gasteiger partial charge in [-0.1, -0.05) is 118 Å². The summed E-state index contributed by atoms with van der Waals surface area (Å²) < 4.78 is 0. The molecule has 250 valence electrons. The fraction of sp³-hybridized carbons (Fsp3) is 0.375. The summed E-state index contributed by atoms with van der Waals surface area (Å²) in [5.41, 5.74) is 13.8. The molecule has 0 amide bonds. The van der Waals surface area contributed by atoms with Crippen LogP contribution in [-0.4, -0.2) is 0 Å². The Morgan fingerprint density at radius 3 is 2.10 bits per heavy atom. The Bertz CT molecular complexity index is 2200. The number of para-hydroxylation sites is 1. The SMILES string of the molecule is CC1(C)CCC(C)(C)c2c(N(c3ccccc3)c3cc(-c4ccccc4)cc4c3Sc3ccccc3C43C4CC5CC6CC3C64C5)cccc21. The Morgan fingerprint density at radius 1 is 0.600 bits per heavy atom. The third-order valence-electron chi connectivity index (χ3n) is 15.0. The first-order valence-electron chi connectivity index (χ1n) is 19.2. The molecule has 2 heteroatoms. The average Bonchev–Trinajstić information content (AvgIpc) is 3.66. The number of rotatable bonds is 4. The number of anilines is 3. The predicted octanol–water partition coefficient (Wildman–Crippen LogP) is 13.0. The molecule has 2 bridgehead atoms. The maximum atomic E-state index is 2.68. The zero-order chi connectivity index (χ0) is 33.6. The van der Waals surface area contributed by atoms with Crippen molar-refractivity contribution in [2.45, 2.75) is 92.3 Å². The van der Waals surface area contributed by atoms with Gasteiger partial charge in [-0.25, -0.2) is 0 Å². The Labute approximate surface area is 302 Å². The molecule has 4 fully saturated rings. The Kier molecular flexibility index (Phi) is 5.97. The third kappa shape index (κ3) is 3.62. The van der Waals surface area contributed by atoms with Crippen molar-refractivity contribution in [2.75, 3.05) is 4.90 Å². The monoisotopic (exact) mass is 669 g/mol. The van der Waals surface area contributed by atoms with Crippen molar-refractivity contribution in [1.29, 1.82) is 0 Å². The van der Waals surface area contributed by atoms with Gasteiger partial charge in [-0.2, -0.15) is 0 Å². The van der Waals surface area contributed by atoms with Crippen LogP contribution in [0.1, 0.15) is 88.5 Å². The van der Waals surface area contributed by atoms with Gasteiger partial charge in [-0.3, -0.25) is 0 Å². The van der Waals surface area contributed by atoms with E-state index in [0.717, 1.165) is 23.7 Å². The van der Waals surface area contributed by atoms with Gasteiger partial charge in [0.15, 0.2) is 0 Å². The summed E-state index contributed by atoms with van der Waals surface area (Å²) in [4.78, 5) is 5.65. The lowest BCUT2D eigenvalue weighted by molar-refractivity contribution is -0.235. The molecule has 5 aliphatic carbocycles. The molecule has 2 spiro atoms. The Morgan fingerprint density at radius 2 is 1.30 bits per heavy atom. The van der Waals surface area contributed by atoms with Crippen LogP contribution in [0.4, 0.5) is 17.1 Å². The summed E-state index contributed by atoms with van der Waals surface area (Å²) in [6.45, 7) is 9.89. The van der Waals surface area contributed by atoms with Crippen LogP contribution in [0.15, 0.2) is 125 Å². The van der Waals surface area contributed by atoms with Crippen LogP contribution in [0.5, 0.6) is 0 Å². The quantitative estimate of drug-likeness (QED) is 0.187. The molecule has 0 radical (unpaired) electrons. The van der Waals surface area contributed by atoms with Crippen molar-refractivity contribution in [1.82, 2.24) is 0 Å². The average molecular weight is 670 g/mol. The van der Waals surface area contributed by atoms with Gasteiger partial charge in [0.2, 0.25) is 0 Å². The molecule has 4 saturated carbocycles. The van der Waals surface area contributed by atoms with Gasteiger partial charge >= 0.3 is 0 Å². The lowest BCUT2D eigenvalue weighted by atomic mass is 9.26. The standard InChI is InChI=1S/C48H47NS/c1-45(2)22-23-46(3,4)43-36(45)19-13-20-38(43)49(34-16-9-6-10-17-34)39-27-32(31-14-7-5-8-15-31)26-37-44(39)50-40-21-12-11-18-35(40)48(37)41-25-30-24-33-28-42(48)47(33,41)29-30/h5-21,26-27,30,33,41-42H,22-25,28-29H2,1-4H3. The summed E-state index contributed by atoms with van der Waals surface area (Å²) >= 11 is 2.05. The molecule has 0 saturated heterocycles. The van der Waals surface area contributed by atoms with E-state index in [2.05, 4.69) is 148 Å². The zero-order valence-corrected chi connectivity index (χ0v) is 30.7. The highest BCUT2D eigenvalue weighted by Gasteiger charge is 2.84. The van der Waals surface area contributed by atoms with Gasteiger partial charge in [0, 0.05) is 20.9 Å². The molecule has 5 aromatic rings. The highest BCUT2D eigenvalue weighted by molar-refractivity contribution is 7.99. The first-order chi connectivity index (χ1) is 24.2. The minimum atomic E-state index is 0.0664. The fourth-order valence-electron chi connectivity index (χ4n) is 13.0. The van der Waals surface area contributed by atoms with Gasteiger partial charge in [-0.05, 0) is 148 Å². The van der Waals surface area contributed by atoms with Gasteiger partial charge in [-0.15, -0.1) is 0 Å². The van der Waals surface area contributed by atoms with Crippen molar-refractivity contribution in [3.8, 4) is 11.1 Å². The number of fused-ring (bicyclic) bond motifs is 8. The lowest BCUT2D eigenvalue weighted by Gasteiger charge is -2.78. The second-order valence-corrected chi connectivity index (χ2v) is 19.1. The van der Waals surface area contributed by atoms with Gasteiger partial charge in [0.1, 0.15) is 0 Å². The third-order valence-corrected chi connectivity index (χ3v) is 16.2. The molecule has 6 aliphatic rings. The molecule has 6 atom stereocenters. The molecule has 11 rings (SSSR count). The molecular formula is C48H47NS. The van der Waals surface area contributed by atoms with Gasteiger partial charge in [0.25, 0.3) is 0 Å². The predicted molar refractivity (Wildman–Crippen MR) is 208 cm³/mol. The van der Waals surface area contributed by atoms with Crippen LogP contribution in [-0.2, 0) is 16.2 Å². The highest BCUT2D eigenvalue weighted by atomic mass is 32.2. The van der Waals surface area contributed by atoms with E-state index >= 15 is 0 Å². The number of benzene rings is 5. The van der Waals surface area contributed by atoms with Crippen molar-refractivity contribution in [2.24, 2.45) is 29.1 Å². The van der Waals surface area contributed by atoms with E-state index in [0.29, 0.717) is 5.41 Å². The zero-order valence-electron chi connectivity index (χ0n) is 29.9. The molecule has 5 aromatic carbocycles. The Balaban J connectivity index is 1.24. The van der Waals surface area contributed by atoms with Crippen molar-refractivity contribution < 1.29 is 0 Å². The number of hydrogen-bond donors (Lipinski definition) is 0.